The molecule has 0 unspecified atom stereocenters. The number of nitrogens with zero attached hydrogens (tertiary/aromatic N) is 2. The molecule has 1 aliphatic rings. The summed E-state index contributed by atoms with van der Waals surface area (Å²) in [4.78, 5) is 13.7. The molecule has 0 fully saturated rings. The summed E-state index contributed by atoms with van der Waals surface area (Å²) in [6.45, 7) is 0. The van der Waals surface area contributed by atoms with E-state index in [-0.39, 0.29) is 22.4 Å². The standard InChI is InChI=1S/C20H18BrF3N4O3S/c1-30-12-6-5-10(8-13(12)31-2)25-19(29)17-16(21)18-26-11(14-4-3-7-32-14)9-15(20(22,23)24)28(18)27-17/h3-8,11,15,26H,9H2,1-2H3,(H,25,29)/t11-,15+/m1/s1. The Morgan fingerprint density at radius 1 is 1.28 bits per heavy atom. The van der Waals surface area contributed by atoms with Crippen LogP contribution in [0.4, 0.5) is 24.7 Å². The lowest BCUT2D eigenvalue weighted by atomic mass is 10.0. The fourth-order valence-electron chi connectivity index (χ4n) is 3.51. The number of benzene rings is 1. The molecule has 7 nitrogen and oxygen atoms in total. The molecule has 12 heteroatoms. The van der Waals surface area contributed by atoms with E-state index in [1.807, 2.05) is 5.38 Å². The number of fused-ring (bicyclic) bond motifs is 1. The highest BCUT2D eigenvalue weighted by atomic mass is 79.9. The zero-order valence-corrected chi connectivity index (χ0v) is 19.3. The van der Waals surface area contributed by atoms with Crippen LogP contribution in [0.15, 0.2) is 40.2 Å². The van der Waals surface area contributed by atoms with Gasteiger partial charge in [-0.3, -0.25) is 4.79 Å². The Bertz CT molecular complexity index is 1130. The van der Waals surface area contributed by atoms with Crippen LogP contribution in [0, 0.1) is 0 Å². The number of amides is 1. The largest absolute Gasteiger partial charge is 0.493 e. The molecule has 2 aromatic heterocycles. The number of alkyl halides is 3. The van der Waals surface area contributed by atoms with Crippen molar-refractivity contribution >= 4 is 44.7 Å². The molecule has 2 N–H and O–H groups in total. The minimum Gasteiger partial charge on any atom is -0.493 e. The first-order valence-corrected chi connectivity index (χ1v) is 11.1. The summed E-state index contributed by atoms with van der Waals surface area (Å²) in [5, 5.41) is 11.5. The molecule has 1 amide bonds. The summed E-state index contributed by atoms with van der Waals surface area (Å²) >= 11 is 4.64. The number of rotatable bonds is 5. The zero-order valence-electron chi connectivity index (χ0n) is 16.9. The Balaban J connectivity index is 1.67. The van der Waals surface area contributed by atoms with E-state index in [4.69, 9.17) is 9.47 Å². The molecule has 32 heavy (non-hydrogen) atoms. The molecule has 170 valence electrons. The van der Waals surface area contributed by atoms with Crippen molar-refractivity contribution in [2.24, 2.45) is 0 Å². The van der Waals surface area contributed by atoms with Crippen LogP contribution in [0.5, 0.6) is 11.5 Å². The molecule has 3 heterocycles. The molecule has 0 bridgehead atoms. The average molecular weight is 531 g/mol. The highest BCUT2D eigenvalue weighted by Gasteiger charge is 2.48. The first kappa shape index (κ1) is 22.5. The van der Waals surface area contributed by atoms with Gasteiger partial charge in [-0.05, 0) is 39.5 Å². The number of hydrogen-bond donors (Lipinski definition) is 2. The lowest BCUT2D eigenvalue weighted by Gasteiger charge is -2.33. The first-order valence-electron chi connectivity index (χ1n) is 9.41. The van der Waals surface area contributed by atoms with Crippen LogP contribution >= 0.6 is 27.3 Å². The maximum Gasteiger partial charge on any atom is 0.410 e. The van der Waals surface area contributed by atoms with Crippen LogP contribution in [0.2, 0.25) is 0 Å². The fourth-order valence-corrected chi connectivity index (χ4v) is 4.86. The van der Waals surface area contributed by atoms with Crippen LogP contribution in [-0.2, 0) is 0 Å². The van der Waals surface area contributed by atoms with Crippen molar-refractivity contribution in [3.05, 3.63) is 50.8 Å². The van der Waals surface area contributed by atoms with Gasteiger partial charge in [0.25, 0.3) is 5.91 Å². The second kappa shape index (κ2) is 8.66. The molecule has 0 saturated carbocycles. The maximum absolute atomic E-state index is 13.9. The van der Waals surface area contributed by atoms with Crippen molar-refractivity contribution in [1.29, 1.82) is 0 Å². The van der Waals surface area contributed by atoms with E-state index in [0.29, 0.717) is 17.2 Å². The summed E-state index contributed by atoms with van der Waals surface area (Å²) in [5.41, 5.74) is 0.214. The molecule has 0 spiro atoms. The quantitative estimate of drug-likeness (QED) is 0.446. The molecular weight excluding hydrogens is 513 g/mol. The minimum atomic E-state index is -4.53. The molecule has 0 saturated heterocycles. The first-order chi connectivity index (χ1) is 15.2. The summed E-state index contributed by atoms with van der Waals surface area (Å²) in [6.07, 6.45) is -4.77. The number of carbonyl (C=O) groups is 1. The number of nitrogens with one attached hydrogen (secondary N) is 2. The second-order valence-corrected chi connectivity index (χ2v) is 8.76. The SMILES string of the molecule is COc1ccc(NC(=O)c2nn3c(c2Br)N[C@@H](c2cccs2)C[C@H]3C(F)(F)F)cc1OC. The molecule has 1 aliphatic heterocycles. The van der Waals surface area contributed by atoms with Crippen LogP contribution < -0.4 is 20.1 Å². The molecule has 0 aliphatic carbocycles. The van der Waals surface area contributed by atoms with Gasteiger partial charge in [0.1, 0.15) is 5.82 Å². The van der Waals surface area contributed by atoms with Crippen molar-refractivity contribution in [1.82, 2.24) is 9.78 Å². The Morgan fingerprint density at radius 3 is 2.66 bits per heavy atom. The predicted molar refractivity (Wildman–Crippen MR) is 118 cm³/mol. The predicted octanol–water partition coefficient (Wildman–Crippen LogP) is 5.64. The number of thiophene rings is 1. The van der Waals surface area contributed by atoms with Gasteiger partial charge >= 0.3 is 6.18 Å². The van der Waals surface area contributed by atoms with Gasteiger partial charge < -0.3 is 20.1 Å². The number of hydrogen-bond acceptors (Lipinski definition) is 6. The van der Waals surface area contributed by atoms with Gasteiger partial charge in [0.05, 0.1) is 24.7 Å². The van der Waals surface area contributed by atoms with Crippen LogP contribution in [0.3, 0.4) is 0 Å². The molecule has 2 atom stereocenters. The van der Waals surface area contributed by atoms with Crippen LogP contribution in [0.1, 0.15) is 33.9 Å². The number of ether oxygens (including phenoxy) is 2. The van der Waals surface area contributed by atoms with Crippen molar-refractivity contribution in [2.75, 3.05) is 24.9 Å². The van der Waals surface area contributed by atoms with E-state index in [0.717, 1.165) is 9.56 Å². The number of aromatic nitrogens is 2. The van der Waals surface area contributed by atoms with E-state index >= 15 is 0 Å². The second-order valence-electron chi connectivity index (χ2n) is 6.99. The van der Waals surface area contributed by atoms with Gasteiger partial charge in [0, 0.05) is 23.1 Å². The number of methoxy groups -OCH3 is 2. The zero-order chi connectivity index (χ0) is 23.0. The van der Waals surface area contributed by atoms with E-state index < -0.39 is 24.2 Å². The summed E-state index contributed by atoms with van der Waals surface area (Å²) < 4.78 is 52.9. The summed E-state index contributed by atoms with van der Waals surface area (Å²) in [6, 6.07) is 5.88. The van der Waals surface area contributed by atoms with Crippen molar-refractivity contribution in [3.8, 4) is 11.5 Å². The number of anilines is 2. The maximum atomic E-state index is 13.9. The van der Waals surface area contributed by atoms with Gasteiger partial charge in [-0.25, -0.2) is 4.68 Å². The minimum absolute atomic E-state index is 0.106. The van der Waals surface area contributed by atoms with Crippen molar-refractivity contribution in [2.45, 2.75) is 24.7 Å². The molecule has 4 rings (SSSR count). The Hall–Kier alpha value is -2.73. The normalized spacial score (nSPS) is 17.9. The average Bonchev–Trinajstić information content (AvgIpc) is 3.41. The molecular formula is C20H18BrF3N4O3S. The lowest BCUT2D eigenvalue weighted by Crippen LogP contribution is -2.35. The third-order valence-corrected chi connectivity index (χ3v) is 6.78. The van der Waals surface area contributed by atoms with Crippen molar-refractivity contribution < 1.29 is 27.4 Å². The number of halogens is 4. The fraction of sp³-hybridized carbons (Fsp3) is 0.300. The third kappa shape index (κ3) is 4.16. The van der Waals surface area contributed by atoms with Crippen LogP contribution in [0.25, 0.3) is 0 Å². The monoisotopic (exact) mass is 530 g/mol. The van der Waals surface area contributed by atoms with E-state index in [2.05, 4.69) is 31.7 Å². The van der Waals surface area contributed by atoms with Gasteiger partial charge in [-0.1, -0.05) is 6.07 Å². The van der Waals surface area contributed by atoms with Gasteiger partial charge in [0.15, 0.2) is 23.2 Å². The van der Waals surface area contributed by atoms with Gasteiger partial charge in [-0.15, -0.1) is 11.3 Å². The lowest BCUT2D eigenvalue weighted by molar-refractivity contribution is -0.173. The van der Waals surface area contributed by atoms with E-state index in [1.165, 1.54) is 25.6 Å². The Morgan fingerprint density at radius 2 is 2.03 bits per heavy atom. The molecule has 3 aromatic rings. The topological polar surface area (TPSA) is 77.4 Å². The van der Waals surface area contributed by atoms with Gasteiger partial charge in [0.2, 0.25) is 0 Å². The Kier molecular flexibility index (Phi) is 6.08. The van der Waals surface area contributed by atoms with Crippen molar-refractivity contribution in [3.63, 3.8) is 0 Å². The molecule has 0 radical (unpaired) electrons. The highest BCUT2D eigenvalue weighted by molar-refractivity contribution is 9.10. The van der Waals surface area contributed by atoms with Gasteiger partial charge in [-0.2, -0.15) is 18.3 Å². The van der Waals surface area contributed by atoms with Crippen LogP contribution in [-0.4, -0.2) is 36.1 Å². The summed E-state index contributed by atoms with van der Waals surface area (Å²) in [7, 11) is 2.94. The smallest absolute Gasteiger partial charge is 0.410 e. The highest BCUT2D eigenvalue weighted by Crippen LogP contribution is 2.47. The van der Waals surface area contributed by atoms with E-state index in [1.54, 1.807) is 30.3 Å². The number of carbonyl (C=O) groups excluding carboxylic acids is 1. The Labute approximate surface area is 193 Å². The third-order valence-electron chi connectivity index (χ3n) is 5.04. The molecule has 1 aromatic carbocycles. The van der Waals surface area contributed by atoms with E-state index in [9.17, 15) is 18.0 Å². The summed E-state index contributed by atoms with van der Waals surface area (Å²) in [5.74, 6) is 0.308.